The van der Waals surface area contributed by atoms with Crippen LogP contribution in [-0.4, -0.2) is 18.0 Å². The predicted octanol–water partition coefficient (Wildman–Crippen LogP) is 0.778. The van der Waals surface area contributed by atoms with Crippen molar-refractivity contribution >= 4 is 5.91 Å². The Hall–Kier alpha value is -1.08. The largest absolute Gasteiger partial charge is 0.351 e. The highest BCUT2D eigenvalue weighted by molar-refractivity contribution is 5.82. The Morgan fingerprint density at radius 2 is 2.14 bits per heavy atom. The Balaban J connectivity index is 4.02. The van der Waals surface area contributed by atoms with Gasteiger partial charge in [-0.25, -0.2) is 0 Å². The molecular weight excluding hydrogens is 178 g/mol. The minimum absolute atomic E-state index is 0.123. The molecule has 0 saturated carbocycles. The lowest BCUT2D eigenvalue weighted by Gasteiger charge is -2.19. The molecule has 0 bridgehead atoms. The molecule has 0 aromatic rings. The van der Waals surface area contributed by atoms with Gasteiger partial charge in [-0.1, -0.05) is 20.3 Å². The zero-order valence-electron chi connectivity index (χ0n) is 9.08. The van der Waals surface area contributed by atoms with Gasteiger partial charge in [-0.15, -0.1) is 0 Å². The van der Waals surface area contributed by atoms with Gasteiger partial charge < -0.3 is 11.1 Å². The Kier molecular flexibility index (Phi) is 5.89. The summed E-state index contributed by atoms with van der Waals surface area (Å²) in [6.45, 7) is 5.74. The first-order valence-electron chi connectivity index (χ1n) is 4.95. The van der Waals surface area contributed by atoms with Crippen LogP contribution in [-0.2, 0) is 4.79 Å². The minimum Gasteiger partial charge on any atom is -0.351 e. The van der Waals surface area contributed by atoms with E-state index in [1.54, 1.807) is 6.92 Å². The molecule has 14 heavy (non-hydrogen) atoms. The van der Waals surface area contributed by atoms with E-state index in [1.165, 1.54) is 0 Å². The molecule has 0 radical (unpaired) electrons. The van der Waals surface area contributed by atoms with Crippen molar-refractivity contribution in [3.63, 3.8) is 0 Å². The quantitative estimate of drug-likeness (QED) is 0.683. The van der Waals surface area contributed by atoms with Crippen molar-refractivity contribution in [3.8, 4) is 6.07 Å². The van der Waals surface area contributed by atoms with Gasteiger partial charge in [-0.2, -0.15) is 5.26 Å². The summed E-state index contributed by atoms with van der Waals surface area (Å²) < 4.78 is 0. The molecule has 80 valence electrons. The van der Waals surface area contributed by atoms with Crippen LogP contribution in [0.4, 0.5) is 0 Å². The third-order valence-corrected chi connectivity index (χ3v) is 2.35. The summed E-state index contributed by atoms with van der Waals surface area (Å²) in [4.78, 5) is 11.5. The molecule has 0 saturated heterocycles. The summed E-state index contributed by atoms with van der Waals surface area (Å²) in [7, 11) is 0. The first-order chi connectivity index (χ1) is 6.52. The molecule has 3 atom stereocenters. The fourth-order valence-corrected chi connectivity index (χ4v) is 1.04. The van der Waals surface area contributed by atoms with Crippen molar-refractivity contribution in [2.24, 2.45) is 11.7 Å². The van der Waals surface area contributed by atoms with E-state index in [2.05, 4.69) is 5.32 Å². The molecular formula is C10H19N3O. The SMILES string of the molecule is CC[C@H](C)[C@H](N)C(=O)NC(C)CC#N. The van der Waals surface area contributed by atoms with Crippen molar-refractivity contribution in [2.75, 3.05) is 0 Å². The fourth-order valence-electron chi connectivity index (χ4n) is 1.04. The zero-order valence-corrected chi connectivity index (χ0v) is 9.08. The van der Waals surface area contributed by atoms with Crippen LogP contribution >= 0.6 is 0 Å². The van der Waals surface area contributed by atoms with Crippen LogP contribution < -0.4 is 11.1 Å². The summed E-state index contributed by atoms with van der Waals surface area (Å²) in [5, 5.41) is 11.1. The van der Waals surface area contributed by atoms with Gasteiger partial charge in [0.25, 0.3) is 0 Å². The third kappa shape index (κ3) is 4.24. The van der Waals surface area contributed by atoms with Crippen molar-refractivity contribution in [2.45, 2.75) is 45.7 Å². The minimum atomic E-state index is -0.471. The van der Waals surface area contributed by atoms with Gasteiger partial charge in [-0.05, 0) is 12.8 Å². The number of hydrogen-bond acceptors (Lipinski definition) is 3. The van der Waals surface area contributed by atoms with E-state index in [4.69, 9.17) is 11.0 Å². The van der Waals surface area contributed by atoms with Gasteiger partial charge in [0.05, 0.1) is 18.5 Å². The number of amides is 1. The Bertz CT molecular complexity index is 222. The molecule has 1 unspecified atom stereocenters. The summed E-state index contributed by atoms with van der Waals surface area (Å²) in [5.41, 5.74) is 5.72. The van der Waals surface area contributed by atoms with Gasteiger partial charge in [0, 0.05) is 6.04 Å². The van der Waals surface area contributed by atoms with E-state index in [1.807, 2.05) is 19.9 Å². The molecule has 0 aromatic heterocycles. The summed E-state index contributed by atoms with van der Waals surface area (Å²) in [6, 6.07) is 1.41. The lowest BCUT2D eigenvalue weighted by molar-refractivity contribution is -0.123. The Morgan fingerprint density at radius 1 is 1.57 bits per heavy atom. The van der Waals surface area contributed by atoms with Crippen LogP contribution in [0.3, 0.4) is 0 Å². The second kappa shape index (κ2) is 6.39. The topological polar surface area (TPSA) is 78.9 Å². The van der Waals surface area contributed by atoms with E-state index in [0.717, 1.165) is 6.42 Å². The monoisotopic (exact) mass is 197 g/mol. The van der Waals surface area contributed by atoms with Crippen LogP contribution in [0.5, 0.6) is 0 Å². The van der Waals surface area contributed by atoms with Gasteiger partial charge in [0.1, 0.15) is 0 Å². The predicted molar refractivity (Wildman–Crippen MR) is 55.3 cm³/mol. The standard InChI is InChI=1S/C10H19N3O/c1-4-7(2)9(12)10(14)13-8(3)5-6-11/h7-9H,4-5,12H2,1-3H3,(H,13,14)/t7-,8?,9-/m0/s1. The van der Waals surface area contributed by atoms with Crippen LogP contribution in [0.1, 0.15) is 33.6 Å². The molecule has 0 aliphatic rings. The normalized spacial score (nSPS) is 16.5. The maximum atomic E-state index is 11.5. The smallest absolute Gasteiger partial charge is 0.237 e. The van der Waals surface area contributed by atoms with Crippen molar-refractivity contribution in [1.29, 1.82) is 5.26 Å². The van der Waals surface area contributed by atoms with E-state index < -0.39 is 6.04 Å². The number of hydrogen-bond donors (Lipinski definition) is 2. The van der Waals surface area contributed by atoms with Crippen molar-refractivity contribution < 1.29 is 4.79 Å². The number of carbonyl (C=O) groups is 1. The molecule has 0 rings (SSSR count). The Labute approximate surface area is 85.5 Å². The van der Waals surface area contributed by atoms with Crippen LogP contribution in [0.15, 0.2) is 0 Å². The van der Waals surface area contributed by atoms with Crippen LogP contribution in [0.25, 0.3) is 0 Å². The average Bonchev–Trinajstić information content (AvgIpc) is 2.15. The van der Waals surface area contributed by atoms with E-state index in [0.29, 0.717) is 6.42 Å². The van der Waals surface area contributed by atoms with Crippen LogP contribution in [0.2, 0.25) is 0 Å². The first-order valence-corrected chi connectivity index (χ1v) is 4.95. The number of rotatable bonds is 5. The molecule has 1 amide bonds. The highest BCUT2D eigenvalue weighted by Crippen LogP contribution is 2.05. The second-order valence-corrected chi connectivity index (χ2v) is 3.68. The molecule has 3 N–H and O–H groups in total. The summed E-state index contributed by atoms with van der Waals surface area (Å²) >= 11 is 0. The van der Waals surface area contributed by atoms with E-state index in [-0.39, 0.29) is 17.9 Å². The van der Waals surface area contributed by atoms with Crippen molar-refractivity contribution in [1.82, 2.24) is 5.32 Å². The average molecular weight is 197 g/mol. The van der Waals surface area contributed by atoms with Gasteiger partial charge in [0.2, 0.25) is 5.91 Å². The number of carbonyl (C=O) groups excluding carboxylic acids is 1. The molecule has 0 heterocycles. The molecule has 0 spiro atoms. The number of nitrogens with zero attached hydrogens (tertiary/aromatic N) is 1. The maximum absolute atomic E-state index is 11.5. The number of nitriles is 1. The molecule has 0 fully saturated rings. The number of nitrogens with one attached hydrogen (secondary N) is 1. The fraction of sp³-hybridized carbons (Fsp3) is 0.800. The van der Waals surface area contributed by atoms with Gasteiger partial charge >= 0.3 is 0 Å². The van der Waals surface area contributed by atoms with Gasteiger partial charge in [0.15, 0.2) is 0 Å². The van der Waals surface area contributed by atoms with E-state index in [9.17, 15) is 4.79 Å². The lowest BCUT2D eigenvalue weighted by Crippen LogP contribution is -2.47. The van der Waals surface area contributed by atoms with Crippen molar-refractivity contribution in [3.05, 3.63) is 0 Å². The molecule has 0 aromatic carbocycles. The molecule has 0 aliphatic heterocycles. The summed E-state index contributed by atoms with van der Waals surface area (Å²) in [6.07, 6.45) is 1.19. The van der Waals surface area contributed by atoms with Gasteiger partial charge in [-0.3, -0.25) is 4.79 Å². The first kappa shape index (κ1) is 12.9. The highest BCUT2D eigenvalue weighted by atomic mass is 16.2. The van der Waals surface area contributed by atoms with Crippen LogP contribution in [0, 0.1) is 17.2 Å². The molecule has 4 heteroatoms. The summed E-state index contributed by atoms with van der Waals surface area (Å²) in [5.74, 6) is 0.00591. The highest BCUT2D eigenvalue weighted by Gasteiger charge is 2.20. The maximum Gasteiger partial charge on any atom is 0.237 e. The Morgan fingerprint density at radius 3 is 2.57 bits per heavy atom. The third-order valence-electron chi connectivity index (χ3n) is 2.35. The number of nitrogens with two attached hydrogens (primary N) is 1. The molecule has 4 nitrogen and oxygen atoms in total. The zero-order chi connectivity index (χ0) is 11.1. The lowest BCUT2D eigenvalue weighted by atomic mass is 9.99. The van der Waals surface area contributed by atoms with E-state index >= 15 is 0 Å². The molecule has 0 aliphatic carbocycles. The second-order valence-electron chi connectivity index (χ2n) is 3.68.